The van der Waals surface area contributed by atoms with E-state index in [4.69, 9.17) is 9.47 Å². The first-order chi connectivity index (χ1) is 40.6. The number of anilines is 2. The molecule has 0 saturated carbocycles. The van der Waals surface area contributed by atoms with Crippen molar-refractivity contribution in [2.45, 2.75) is 120 Å². The highest BCUT2D eigenvalue weighted by Crippen LogP contribution is 2.41. The number of benzene rings is 2. The number of halogens is 2. The number of H-pyrrole nitrogens is 2. The number of hydrogen-bond acceptors (Lipinski definition) is 14. The molecule has 0 spiro atoms. The van der Waals surface area contributed by atoms with Gasteiger partial charge in [-0.15, -0.1) is 0 Å². The second-order valence-electron chi connectivity index (χ2n) is 26.2. The number of ether oxygens (including phenoxy) is 2. The molecule has 6 atom stereocenters. The van der Waals surface area contributed by atoms with Crippen molar-refractivity contribution < 1.29 is 37.4 Å². The van der Waals surface area contributed by atoms with Crippen molar-refractivity contribution in [2.24, 2.45) is 0 Å². The number of likely N-dealkylation sites (tertiary alicyclic amines) is 1. The molecule has 85 heavy (non-hydrogen) atoms. The number of carbonyl (C=O) groups excluding carboxylic acids is 4. The standard InChI is InChI=1S/C63H84F2N12O8/c1-39-29-74(35-54(78)76-37-62(3,4)56-50(76)25-43(58(80)69-56)23-41-7-11-45(64)12-8-41)48(27-66-39)31-71-19-21-84-52(33-71)60(82)68-47-15-17-73(18-16-47)61(83)53-34-72(20-22-85-53)32-49-28-67-40(2)30-75(49)36-55(79)77-38-63(5,6)57-51(77)26-44(59(81)70-57)24-42-9-13-46(65)14-10-42/h7-14,25-26,39-40,47-49,52-53,66-67H,15-24,27-38H2,1-6H3,(H,68,82)(H,69,80)(H,70,81)/t39-,40-,48-,49-,52?,53?/m1/s1. The molecule has 5 N–H and O–H groups in total. The minimum absolute atomic E-state index is 0.00759. The predicted octanol–water partition coefficient (Wildman–Crippen LogP) is 2.31. The molecule has 20 nitrogen and oxygen atoms in total. The van der Waals surface area contributed by atoms with E-state index in [1.165, 1.54) is 24.3 Å². The molecule has 2 unspecified atom stereocenters. The number of fused-ring (bicyclic) bond motifs is 2. The minimum Gasteiger partial charge on any atom is -0.366 e. The van der Waals surface area contributed by atoms with E-state index < -0.39 is 23.0 Å². The first-order valence-corrected chi connectivity index (χ1v) is 30.5. The summed E-state index contributed by atoms with van der Waals surface area (Å²) in [6.07, 6.45) is 0.507. The van der Waals surface area contributed by atoms with Crippen LogP contribution in [0.1, 0.15) is 88.0 Å². The van der Waals surface area contributed by atoms with E-state index in [1.807, 2.05) is 44.7 Å². The molecule has 2 aromatic heterocycles. The van der Waals surface area contributed by atoms with Gasteiger partial charge in [-0.3, -0.25) is 48.4 Å². The molecule has 5 fully saturated rings. The maximum atomic E-state index is 14.4. The van der Waals surface area contributed by atoms with Crippen LogP contribution in [0.3, 0.4) is 0 Å². The lowest BCUT2D eigenvalue weighted by Gasteiger charge is -2.43. The number of nitrogens with zero attached hydrogens (tertiary/aromatic N) is 7. The van der Waals surface area contributed by atoms with Crippen molar-refractivity contribution in [1.29, 1.82) is 0 Å². The number of amides is 4. The van der Waals surface area contributed by atoms with Gasteiger partial charge in [-0.05, 0) is 74.2 Å². The van der Waals surface area contributed by atoms with E-state index in [0.29, 0.717) is 153 Å². The van der Waals surface area contributed by atoms with Gasteiger partial charge in [-0.1, -0.05) is 52.0 Å². The molecule has 0 aliphatic carbocycles. The van der Waals surface area contributed by atoms with E-state index in [1.54, 1.807) is 34.1 Å². The third kappa shape index (κ3) is 13.8. The lowest BCUT2D eigenvalue weighted by molar-refractivity contribution is -0.151. The van der Waals surface area contributed by atoms with Crippen LogP contribution < -0.4 is 36.9 Å². The fourth-order valence-electron chi connectivity index (χ4n) is 13.8. The number of aromatic amines is 2. The van der Waals surface area contributed by atoms with Crippen LogP contribution in [0.25, 0.3) is 0 Å². The van der Waals surface area contributed by atoms with E-state index >= 15 is 0 Å². The highest BCUT2D eigenvalue weighted by atomic mass is 19.1. The number of piperazine rings is 2. The summed E-state index contributed by atoms with van der Waals surface area (Å²) in [5, 5.41) is 10.4. The van der Waals surface area contributed by atoms with E-state index in [0.717, 1.165) is 22.5 Å². The summed E-state index contributed by atoms with van der Waals surface area (Å²) >= 11 is 0. The number of nitrogens with one attached hydrogen (secondary N) is 5. The zero-order chi connectivity index (χ0) is 59.9. The van der Waals surface area contributed by atoms with Crippen LogP contribution in [-0.4, -0.2) is 218 Å². The second-order valence-corrected chi connectivity index (χ2v) is 26.2. The highest BCUT2D eigenvalue weighted by molar-refractivity contribution is 5.98. The molecular formula is C63H84F2N12O8. The fraction of sp³-hybridized carbons (Fsp3) is 0.587. The smallest absolute Gasteiger partial charge is 0.253 e. The van der Waals surface area contributed by atoms with Crippen LogP contribution in [0, 0.1) is 11.6 Å². The van der Waals surface area contributed by atoms with Crippen molar-refractivity contribution in [3.05, 3.63) is 127 Å². The number of piperidine rings is 1. The van der Waals surface area contributed by atoms with Gasteiger partial charge in [0.15, 0.2) is 0 Å². The molecule has 5 saturated heterocycles. The Morgan fingerprint density at radius 2 is 1.05 bits per heavy atom. The third-order valence-corrected chi connectivity index (χ3v) is 18.5. The first kappa shape index (κ1) is 60.4. The number of morpholine rings is 2. The SMILES string of the molecule is C[C@@H]1CN(CC(=O)N2CC(C)(C)c3[nH]c(=O)c(Cc4ccc(F)cc4)cc32)[C@@H](CN2CCOC(C(=O)NC3CCN(C(=O)C4CN(C[C@H]5CN[C@H](C)CN5CC(=O)N5CC(C)(C)c6[nH]c(=O)c(Cc7ccc(F)cc7)cc65)CCO4)CC3)C2)CN1. The summed E-state index contributed by atoms with van der Waals surface area (Å²) in [4.78, 5) is 104. The maximum absolute atomic E-state index is 14.4. The molecule has 7 aliphatic heterocycles. The Bertz CT molecular complexity index is 3220. The number of rotatable bonds is 15. The van der Waals surface area contributed by atoms with Crippen molar-refractivity contribution in [1.82, 2.24) is 50.4 Å². The van der Waals surface area contributed by atoms with Crippen molar-refractivity contribution in [3.8, 4) is 0 Å². The van der Waals surface area contributed by atoms with Crippen LogP contribution in [0.15, 0.2) is 70.3 Å². The Hall–Kier alpha value is -6.24. The Morgan fingerprint density at radius 1 is 0.612 bits per heavy atom. The van der Waals surface area contributed by atoms with Gasteiger partial charge in [0, 0.05) is 168 Å². The maximum Gasteiger partial charge on any atom is 0.253 e. The van der Waals surface area contributed by atoms with E-state index in [9.17, 15) is 37.5 Å². The Kier molecular flexibility index (Phi) is 17.9. The monoisotopic (exact) mass is 1170 g/mol. The molecule has 4 amide bonds. The lowest BCUT2D eigenvalue weighted by Crippen LogP contribution is -2.62. The summed E-state index contributed by atoms with van der Waals surface area (Å²) in [6.45, 7) is 21.4. The molecule has 11 rings (SSSR count). The third-order valence-electron chi connectivity index (χ3n) is 18.5. The van der Waals surface area contributed by atoms with Crippen LogP contribution in [0.2, 0.25) is 0 Å². The number of hydrogen-bond donors (Lipinski definition) is 5. The average molecular weight is 1180 g/mol. The summed E-state index contributed by atoms with van der Waals surface area (Å²) in [5.74, 6) is -1.03. The number of aromatic nitrogens is 2. The summed E-state index contributed by atoms with van der Waals surface area (Å²) in [6, 6.07) is 16.0. The van der Waals surface area contributed by atoms with Crippen molar-refractivity contribution in [3.63, 3.8) is 0 Å². The van der Waals surface area contributed by atoms with Crippen molar-refractivity contribution >= 4 is 35.0 Å². The number of pyridine rings is 2. The van der Waals surface area contributed by atoms with Gasteiger partial charge >= 0.3 is 0 Å². The summed E-state index contributed by atoms with van der Waals surface area (Å²) < 4.78 is 39.6. The van der Waals surface area contributed by atoms with Crippen LogP contribution in [-0.2, 0) is 52.3 Å². The average Bonchev–Trinajstić information content (AvgIpc) is 1.80. The molecule has 22 heteroatoms. The molecule has 0 radical (unpaired) electrons. The molecule has 0 bridgehead atoms. The Balaban J connectivity index is 0.646. The normalized spacial score (nSPS) is 25.9. The summed E-state index contributed by atoms with van der Waals surface area (Å²) in [5.41, 5.74) is 4.10. The molecule has 7 aliphatic rings. The Labute approximate surface area is 495 Å². The molecule has 458 valence electrons. The quantitative estimate of drug-likeness (QED) is 0.116. The molecule has 9 heterocycles. The molecular weight excluding hydrogens is 1090 g/mol. The van der Waals surface area contributed by atoms with Gasteiger partial charge in [0.25, 0.3) is 22.9 Å². The Morgan fingerprint density at radius 3 is 1.51 bits per heavy atom. The van der Waals surface area contributed by atoms with Crippen LogP contribution >= 0.6 is 0 Å². The molecule has 2 aromatic carbocycles. The van der Waals surface area contributed by atoms with Gasteiger partial charge < -0.3 is 50.1 Å². The van der Waals surface area contributed by atoms with E-state index in [-0.39, 0.29) is 89.7 Å². The van der Waals surface area contributed by atoms with Crippen molar-refractivity contribution in [2.75, 3.05) is 128 Å². The van der Waals surface area contributed by atoms with Gasteiger partial charge in [-0.2, -0.15) is 0 Å². The lowest BCUT2D eigenvalue weighted by atomic mass is 9.91. The van der Waals surface area contributed by atoms with Gasteiger partial charge in [0.05, 0.1) is 37.7 Å². The zero-order valence-electron chi connectivity index (χ0n) is 50.0. The summed E-state index contributed by atoms with van der Waals surface area (Å²) in [7, 11) is 0. The van der Waals surface area contributed by atoms with Crippen LogP contribution in [0.4, 0.5) is 20.2 Å². The largest absolute Gasteiger partial charge is 0.366 e. The fourth-order valence-corrected chi connectivity index (χ4v) is 13.8. The van der Waals surface area contributed by atoms with Gasteiger partial charge in [0.1, 0.15) is 23.8 Å². The predicted molar refractivity (Wildman–Crippen MR) is 319 cm³/mol. The zero-order valence-corrected chi connectivity index (χ0v) is 50.0. The topological polar surface area (TPSA) is 211 Å². The van der Waals surface area contributed by atoms with Gasteiger partial charge in [0.2, 0.25) is 11.8 Å². The first-order valence-electron chi connectivity index (χ1n) is 30.5. The van der Waals surface area contributed by atoms with Gasteiger partial charge in [-0.25, -0.2) is 8.78 Å². The second kappa shape index (κ2) is 25.2. The minimum atomic E-state index is -0.670. The highest BCUT2D eigenvalue weighted by Gasteiger charge is 2.44. The molecule has 4 aromatic rings. The number of carbonyl (C=O) groups is 4. The van der Waals surface area contributed by atoms with E-state index in [2.05, 4.69) is 59.4 Å². The van der Waals surface area contributed by atoms with Crippen LogP contribution in [0.5, 0.6) is 0 Å².